The van der Waals surface area contributed by atoms with Gasteiger partial charge in [-0.1, -0.05) is 24.3 Å². The van der Waals surface area contributed by atoms with Gasteiger partial charge in [-0.25, -0.2) is 12.7 Å². The monoisotopic (exact) mass is 338 g/mol. The second-order valence-corrected chi connectivity index (χ2v) is 8.81. The molecule has 6 heteroatoms. The molecule has 0 radical (unpaired) electrons. The van der Waals surface area contributed by atoms with E-state index in [2.05, 4.69) is 12.1 Å². The molecule has 0 amide bonds. The fourth-order valence-corrected chi connectivity index (χ4v) is 5.65. The Hall–Kier alpha value is -0.950. The molecule has 0 N–H and O–H groups in total. The van der Waals surface area contributed by atoms with Gasteiger partial charge in [0.2, 0.25) is 10.0 Å². The van der Waals surface area contributed by atoms with Crippen molar-refractivity contribution in [3.8, 4) is 0 Å². The lowest BCUT2D eigenvalue weighted by atomic mass is 9.92. The van der Waals surface area contributed by atoms with Gasteiger partial charge in [0, 0.05) is 26.2 Å². The lowest BCUT2D eigenvalue weighted by molar-refractivity contribution is -0.147. The fourth-order valence-electron chi connectivity index (χ4n) is 3.75. The van der Waals surface area contributed by atoms with E-state index in [9.17, 15) is 8.42 Å². The summed E-state index contributed by atoms with van der Waals surface area (Å²) in [6.07, 6.45) is 3.87. The largest absolute Gasteiger partial charge is 0.302 e. The molecule has 1 fully saturated rings. The van der Waals surface area contributed by atoms with Gasteiger partial charge in [0.1, 0.15) is 0 Å². The van der Waals surface area contributed by atoms with Crippen molar-refractivity contribution in [2.75, 3.05) is 27.2 Å². The number of fused-ring (bicyclic) bond motifs is 1. The molecule has 23 heavy (non-hydrogen) atoms. The van der Waals surface area contributed by atoms with Crippen LogP contribution >= 0.6 is 0 Å². The summed E-state index contributed by atoms with van der Waals surface area (Å²) in [6.45, 7) is 1.57. The van der Waals surface area contributed by atoms with Gasteiger partial charge in [0.05, 0.1) is 12.4 Å². The minimum absolute atomic E-state index is 0.0866. The molecule has 1 aromatic rings. The molecule has 1 atom stereocenters. The Labute approximate surface area is 139 Å². The summed E-state index contributed by atoms with van der Waals surface area (Å²) in [5, 5.41) is 1.61. The van der Waals surface area contributed by atoms with Crippen LogP contribution in [0.1, 0.15) is 30.4 Å². The fraction of sp³-hybridized carbons (Fsp3) is 0.647. The van der Waals surface area contributed by atoms with Crippen molar-refractivity contribution >= 4 is 10.0 Å². The molecule has 128 valence electrons. The van der Waals surface area contributed by atoms with E-state index in [1.807, 2.05) is 17.2 Å². The van der Waals surface area contributed by atoms with Gasteiger partial charge in [-0.3, -0.25) is 0 Å². The SMILES string of the molecule is CON1CCC(N(C)S(=O)(=O)C2CCc3ccccc3C2)CC1. The highest BCUT2D eigenvalue weighted by atomic mass is 32.2. The molecular weight excluding hydrogens is 312 g/mol. The van der Waals surface area contributed by atoms with Crippen LogP contribution in [0.25, 0.3) is 0 Å². The van der Waals surface area contributed by atoms with Crippen molar-refractivity contribution in [1.29, 1.82) is 0 Å². The second kappa shape index (κ2) is 6.89. The number of hydrogen-bond acceptors (Lipinski definition) is 4. The first-order valence-electron chi connectivity index (χ1n) is 8.35. The molecule has 0 bridgehead atoms. The number of nitrogens with zero attached hydrogens (tertiary/aromatic N) is 2. The molecule has 3 rings (SSSR count). The average Bonchev–Trinajstić information content (AvgIpc) is 2.60. The zero-order valence-corrected chi connectivity index (χ0v) is 14.8. The molecule has 0 aromatic heterocycles. The number of sulfonamides is 1. The third-order valence-corrected chi connectivity index (χ3v) is 7.67. The van der Waals surface area contributed by atoms with Gasteiger partial charge >= 0.3 is 0 Å². The summed E-state index contributed by atoms with van der Waals surface area (Å²) in [6, 6.07) is 8.29. The van der Waals surface area contributed by atoms with E-state index >= 15 is 0 Å². The van der Waals surface area contributed by atoms with Gasteiger partial charge in [0.15, 0.2) is 0 Å². The number of benzene rings is 1. The number of hydrogen-bond donors (Lipinski definition) is 0. The topological polar surface area (TPSA) is 49.9 Å². The summed E-state index contributed by atoms with van der Waals surface area (Å²) in [5.41, 5.74) is 2.49. The molecule has 0 spiro atoms. The molecule has 1 saturated heterocycles. The molecular formula is C17H26N2O3S. The zero-order chi connectivity index (χ0) is 16.4. The number of rotatable bonds is 4. The van der Waals surface area contributed by atoms with E-state index < -0.39 is 10.0 Å². The predicted octanol–water partition coefficient (Wildman–Crippen LogP) is 1.83. The van der Waals surface area contributed by atoms with Crippen LogP contribution in [0.2, 0.25) is 0 Å². The first-order chi connectivity index (χ1) is 11.0. The van der Waals surface area contributed by atoms with E-state index in [0.717, 1.165) is 38.8 Å². The highest BCUT2D eigenvalue weighted by Gasteiger charge is 2.37. The average molecular weight is 338 g/mol. The lowest BCUT2D eigenvalue weighted by Crippen LogP contribution is -2.48. The highest BCUT2D eigenvalue weighted by Crippen LogP contribution is 2.29. The Morgan fingerprint density at radius 1 is 1.13 bits per heavy atom. The minimum Gasteiger partial charge on any atom is -0.302 e. The summed E-state index contributed by atoms with van der Waals surface area (Å²) >= 11 is 0. The molecule has 1 aromatic carbocycles. The maximum absolute atomic E-state index is 13.0. The van der Waals surface area contributed by atoms with Crippen molar-refractivity contribution < 1.29 is 13.3 Å². The zero-order valence-electron chi connectivity index (χ0n) is 13.9. The van der Waals surface area contributed by atoms with E-state index in [0.29, 0.717) is 6.42 Å². The Bertz CT molecular complexity index is 639. The van der Waals surface area contributed by atoms with Gasteiger partial charge in [-0.15, -0.1) is 0 Å². The smallest absolute Gasteiger partial charge is 0.217 e. The molecule has 5 nitrogen and oxygen atoms in total. The Kier molecular flexibility index (Phi) is 5.06. The number of aryl methyl sites for hydroxylation is 1. The van der Waals surface area contributed by atoms with Crippen LogP contribution in [0.3, 0.4) is 0 Å². The molecule has 1 unspecified atom stereocenters. The van der Waals surface area contributed by atoms with E-state index in [1.165, 1.54) is 11.1 Å². The van der Waals surface area contributed by atoms with Crippen LogP contribution in [-0.4, -0.2) is 56.3 Å². The standard InChI is InChI=1S/C17H26N2O3S/c1-18(16-9-11-19(22-2)12-10-16)23(20,21)17-8-7-14-5-3-4-6-15(14)13-17/h3-6,16-17H,7-13H2,1-2H3. The van der Waals surface area contributed by atoms with Crippen molar-refractivity contribution in [3.63, 3.8) is 0 Å². The Morgan fingerprint density at radius 3 is 2.43 bits per heavy atom. The summed E-state index contributed by atoms with van der Waals surface area (Å²) in [7, 11) is 0.165. The third kappa shape index (κ3) is 3.45. The van der Waals surface area contributed by atoms with Crippen molar-refractivity contribution in [1.82, 2.24) is 9.37 Å². The van der Waals surface area contributed by atoms with Crippen LogP contribution < -0.4 is 0 Å². The van der Waals surface area contributed by atoms with Gasteiger partial charge in [0.25, 0.3) is 0 Å². The second-order valence-electron chi connectivity index (χ2n) is 6.54. The molecule has 1 aliphatic carbocycles. The van der Waals surface area contributed by atoms with Gasteiger partial charge in [-0.05, 0) is 43.2 Å². The molecule has 0 saturated carbocycles. The molecule has 1 aliphatic heterocycles. The summed E-state index contributed by atoms with van der Waals surface area (Å²) in [5.74, 6) is 0. The molecule has 2 aliphatic rings. The van der Waals surface area contributed by atoms with E-state index in [-0.39, 0.29) is 11.3 Å². The number of piperidine rings is 1. The van der Waals surface area contributed by atoms with Gasteiger partial charge < -0.3 is 4.84 Å². The minimum atomic E-state index is -3.25. The quantitative estimate of drug-likeness (QED) is 0.840. The van der Waals surface area contributed by atoms with Crippen LogP contribution in [-0.2, 0) is 27.7 Å². The first-order valence-corrected chi connectivity index (χ1v) is 9.85. The van der Waals surface area contributed by atoms with Crippen LogP contribution in [0.5, 0.6) is 0 Å². The van der Waals surface area contributed by atoms with Crippen LogP contribution in [0.15, 0.2) is 24.3 Å². The normalized spacial score (nSPS) is 23.9. The third-order valence-electron chi connectivity index (χ3n) is 5.32. The van der Waals surface area contributed by atoms with E-state index in [1.54, 1.807) is 18.5 Å². The van der Waals surface area contributed by atoms with Crippen molar-refractivity contribution in [2.24, 2.45) is 0 Å². The van der Waals surface area contributed by atoms with Crippen molar-refractivity contribution in [2.45, 2.75) is 43.4 Å². The maximum Gasteiger partial charge on any atom is 0.217 e. The van der Waals surface area contributed by atoms with Crippen LogP contribution in [0, 0.1) is 0 Å². The summed E-state index contributed by atoms with van der Waals surface area (Å²) < 4.78 is 27.7. The molecule has 1 heterocycles. The highest BCUT2D eigenvalue weighted by molar-refractivity contribution is 7.89. The lowest BCUT2D eigenvalue weighted by Gasteiger charge is -2.37. The van der Waals surface area contributed by atoms with Crippen molar-refractivity contribution in [3.05, 3.63) is 35.4 Å². The van der Waals surface area contributed by atoms with Crippen LogP contribution in [0.4, 0.5) is 0 Å². The van der Waals surface area contributed by atoms with Gasteiger partial charge in [-0.2, -0.15) is 5.06 Å². The first kappa shape index (κ1) is 16.9. The van der Waals surface area contributed by atoms with E-state index in [4.69, 9.17) is 4.84 Å². The Balaban J connectivity index is 1.69. The predicted molar refractivity (Wildman–Crippen MR) is 90.5 cm³/mol. The maximum atomic E-state index is 13.0. The Morgan fingerprint density at radius 2 is 1.78 bits per heavy atom. The summed E-state index contributed by atoms with van der Waals surface area (Å²) in [4.78, 5) is 5.23. The number of hydroxylamine groups is 2.